The monoisotopic (exact) mass is 197 g/mol. The highest BCUT2D eigenvalue weighted by Gasteiger charge is 2.18. The zero-order valence-corrected chi connectivity index (χ0v) is 9.61. The van der Waals surface area contributed by atoms with Gasteiger partial charge < -0.3 is 5.11 Å². The molecule has 1 rings (SSSR count). The fraction of sp³-hybridized carbons (Fsp3) is 0.833. The molecule has 2 atom stereocenters. The molecule has 0 spiro atoms. The molecular formula is C12H23NO. The van der Waals surface area contributed by atoms with Gasteiger partial charge in [-0.3, -0.25) is 4.90 Å². The standard InChI is InChI=1S/C12H23NO/c1-10(2)8-13-9-12(14)7-5-4-6-11(13)3/h4-5,10-12,14H,6-9H2,1-3H3/b5-4+. The SMILES string of the molecule is CC(C)CN1CC(O)C/C=C/CC1C. The van der Waals surface area contributed by atoms with Gasteiger partial charge >= 0.3 is 0 Å². The summed E-state index contributed by atoms with van der Waals surface area (Å²) in [6.45, 7) is 8.61. The van der Waals surface area contributed by atoms with Gasteiger partial charge in [0.25, 0.3) is 0 Å². The van der Waals surface area contributed by atoms with Crippen LogP contribution in [-0.4, -0.2) is 35.2 Å². The summed E-state index contributed by atoms with van der Waals surface area (Å²) in [7, 11) is 0. The van der Waals surface area contributed by atoms with E-state index in [4.69, 9.17) is 0 Å². The molecule has 0 fully saturated rings. The van der Waals surface area contributed by atoms with E-state index in [0.29, 0.717) is 12.0 Å². The third-order valence-corrected chi connectivity index (χ3v) is 2.72. The van der Waals surface area contributed by atoms with Crippen molar-refractivity contribution < 1.29 is 5.11 Å². The number of nitrogens with zero attached hydrogens (tertiary/aromatic N) is 1. The lowest BCUT2D eigenvalue weighted by Gasteiger charge is -2.32. The zero-order valence-electron chi connectivity index (χ0n) is 9.61. The van der Waals surface area contributed by atoms with Gasteiger partial charge in [-0.05, 0) is 25.7 Å². The Hall–Kier alpha value is -0.340. The first-order valence-corrected chi connectivity index (χ1v) is 5.66. The zero-order chi connectivity index (χ0) is 10.6. The quantitative estimate of drug-likeness (QED) is 0.685. The van der Waals surface area contributed by atoms with Crippen molar-refractivity contribution >= 4 is 0 Å². The predicted octanol–water partition coefficient (Wildman–Crippen LogP) is 2.04. The van der Waals surface area contributed by atoms with Crippen molar-refractivity contribution in [2.45, 2.75) is 45.8 Å². The third-order valence-electron chi connectivity index (χ3n) is 2.72. The largest absolute Gasteiger partial charge is 0.391 e. The molecule has 0 bridgehead atoms. The molecule has 0 aromatic heterocycles. The van der Waals surface area contributed by atoms with Gasteiger partial charge in [0.15, 0.2) is 0 Å². The van der Waals surface area contributed by atoms with Crippen LogP contribution in [0.3, 0.4) is 0 Å². The number of aliphatic hydroxyl groups is 1. The predicted molar refractivity (Wildman–Crippen MR) is 60.3 cm³/mol. The third kappa shape index (κ3) is 3.81. The summed E-state index contributed by atoms with van der Waals surface area (Å²) in [6.07, 6.45) is 6.03. The molecule has 2 unspecified atom stereocenters. The molecule has 0 radical (unpaired) electrons. The fourth-order valence-electron chi connectivity index (χ4n) is 1.94. The number of rotatable bonds is 2. The number of β-amino-alcohol motifs (C(OH)–C–C–N with tert-alkyl or cyclic N) is 1. The first-order valence-electron chi connectivity index (χ1n) is 5.66. The van der Waals surface area contributed by atoms with Crippen molar-refractivity contribution in [3.05, 3.63) is 12.2 Å². The fourth-order valence-corrected chi connectivity index (χ4v) is 1.94. The summed E-state index contributed by atoms with van der Waals surface area (Å²) in [5.41, 5.74) is 0. The van der Waals surface area contributed by atoms with Gasteiger partial charge in [-0.25, -0.2) is 0 Å². The van der Waals surface area contributed by atoms with Crippen molar-refractivity contribution in [3.8, 4) is 0 Å². The maximum absolute atomic E-state index is 9.72. The van der Waals surface area contributed by atoms with Crippen LogP contribution in [0.4, 0.5) is 0 Å². The molecule has 0 aromatic carbocycles. The van der Waals surface area contributed by atoms with Crippen molar-refractivity contribution in [2.75, 3.05) is 13.1 Å². The second kappa shape index (κ2) is 5.52. The van der Waals surface area contributed by atoms with Gasteiger partial charge in [-0.1, -0.05) is 26.0 Å². The van der Waals surface area contributed by atoms with E-state index in [-0.39, 0.29) is 6.10 Å². The summed E-state index contributed by atoms with van der Waals surface area (Å²) in [4.78, 5) is 2.40. The Labute approximate surface area is 87.6 Å². The van der Waals surface area contributed by atoms with E-state index in [2.05, 4.69) is 37.8 Å². The molecule has 2 heteroatoms. The molecule has 1 aliphatic heterocycles. The lowest BCUT2D eigenvalue weighted by atomic mass is 10.1. The molecule has 14 heavy (non-hydrogen) atoms. The van der Waals surface area contributed by atoms with E-state index in [1.807, 2.05) is 0 Å². The first kappa shape index (κ1) is 11.7. The first-order chi connectivity index (χ1) is 6.59. The molecule has 0 aliphatic carbocycles. The summed E-state index contributed by atoms with van der Waals surface area (Å²) in [5.74, 6) is 0.674. The Balaban J connectivity index is 2.55. The minimum Gasteiger partial charge on any atom is -0.391 e. The average molecular weight is 197 g/mol. The van der Waals surface area contributed by atoms with Gasteiger partial charge in [-0.2, -0.15) is 0 Å². The number of hydrogen-bond acceptors (Lipinski definition) is 2. The highest BCUT2D eigenvalue weighted by Crippen LogP contribution is 2.13. The van der Waals surface area contributed by atoms with Crippen LogP contribution in [-0.2, 0) is 0 Å². The van der Waals surface area contributed by atoms with Crippen LogP contribution in [0.1, 0.15) is 33.6 Å². The Morgan fingerprint density at radius 1 is 1.36 bits per heavy atom. The van der Waals surface area contributed by atoms with Crippen LogP contribution in [0, 0.1) is 5.92 Å². The Morgan fingerprint density at radius 2 is 2.00 bits per heavy atom. The molecule has 82 valence electrons. The number of aliphatic hydroxyl groups excluding tert-OH is 1. The maximum Gasteiger partial charge on any atom is 0.0701 e. The van der Waals surface area contributed by atoms with E-state index < -0.39 is 0 Å². The van der Waals surface area contributed by atoms with Crippen LogP contribution in [0.15, 0.2) is 12.2 Å². The van der Waals surface area contributed by atoms with Crippen LogP contribution in [0.5, 0.6) is 0 Å². The second-order valence-electron chi connectivity index (χ2n) is 4.79. The molecule has 0 aromatic rings. The van der Waals surface area contributed by atoms with Crippen LogP contribution in [0.2, 0.25) is 0 Å². The summed E-state index contributed by atoms with van der Waals surface area (Å²) in [6, 6.07) is 0.559. The highest BCUT2D eigenvalue weighted by molar-refractivity contribution is 4.91. The Bertz CT molecular complexity index is 189. The van der Waals surface area contributed by atoms with Crippen LogP contribution < -0.4 is 0 Å². The lowest BCUT2D eigenvalue weighted by Crippen LogP contribution is -2.41. The highest BCUT2D eigenvalue weighted by atomic mass is 16.3. The molecule has 0 amide bonds. The van der Waals surface area contributed by atoms with Crippen molar-refractivity contribution in [3.63, 3.8) is 0 Å². The van der Waals surface area contributed by atoms with Crippen molar-refractivity contribution in [1.82, 2.24) is 4.90 Å². The smallest absolute Gasteiger partial charge is 0.0701 e. The molecule has 1 N–H and O–H groups in total. The van der Waals surface area contributed by atoms with E-state index in [1.54, 1.807) is 0 Å². The van der Waals surface area contributed by atoms with E-state index in [1.165, 1.54) is 0 Å². The molecule has 0 saturated carbocycles. The average Bonchev–Trinajstić information content (AvgIpc) is 2.08. The van der Waals surface area contributed by atoms with E-state index >= 15 is 0 Å². The minimum absolute atomic E-state index is 0.187. The minimum atomic E-state index is -0.187. The van der Waals surface area contributed by atoms with Gasteiger partial charge in [0, 0.05) is 19.1 Å². The molecule has 2 nitrogen and oxygen atoms in total. The normalized spacial score (nSPS) is 32.6. The molecule has 0 saturated heterocycles. The van der Waals surface area contributed by atoms with Crippen molar-refractivity contribution in [1.29, 1.82) is 0 Å². The maximum atomic E-state index is 9.72. The summed E-state index contributed by atoms with van der Waals surface area (Å²) < 4.78 is 0. The Kier molecular flexibility index (Phi) is 4.63. The summed E-state index contributed by atoms with van der Waals surface area (Å²) >= 11 is 0. The number of hydrogen-bond donors (Lipinski definition) is 1. The Morgan fingerprint density at radius 3 is 2.64 bits per heavy atom. The van der Waals surface area contributed by atoms with Crippen LogP contribution >= 0.6 is 0 Å². The van der Waals surface area contributed by atoms with Gasteiger partial charge in [0.1, 0.15) is 0 Å². The summed E-state index contributed by atoms with van der Waals surface area (Å²) in [5, 5.41) is 9.72. The molecular weight excluding hydrogens is 174 g/mol. The topological polar surface area (TPSA) is 23.5 Å². The van der Waals surface area contributed by atoms with Crippen molar-refractivity contribution in [2.24, 2.45) is 5.92 Å². The van der Waals surface area contributed by atoms with Crippen LogP contribution in [0.25, 0.3) is 0 Å². The molecule has 1 heterocycles. The van der Waals surface area contributed by atoms with Gasteiger partial charge in [0.2, 0.25) is 0 Å². The second-order valence-corrected chi connectivity index (χ2v) is 4.79. The van der Waals surface area contributed by atoms with E-state index in [9.17, 15) is 5.11 Å². The van der Waals surface area contributed by atoms with E-state index in [0.717, 1.165) is 25.9 Å². The molecule has 1 aliphatic rings. The lowest BCUT2D eigenvalue weighted by molar-refractivity contribution is 0.0824. The van der Waals surface area contributed by atoms with Gasteiger partial charge in [0.05, 0.1) is 6.10 Å². The van der Waals surface area contributed by atoms with Gasteiger partial charge in [-0.15, -0.1) is 0 Å².